The summed E-state index contributed by atoms with van der Waals surface area (Å²) in [5.74, 6) is 0.168. The molecule has 3 rings (SSSR count). The summed E-state index contributed by atoms with van der Waals surface area (Å²) in [5, 5.41) is 7.30. The van der Waals surface area contributed by atoms with Crippen molar-refractivity contribution in [1.82, 2.24) is 20.0 Å². The van der Waals surface area contributed by atoms with Gasteiger partial charge in [0, 0.05) is 37.5 Å². The zero-order valence-corrected chi connectivity index (χ0v) is 15.2. The standard InChI is InChI=1S/C16H26N4O3S/c1-13-9-18-20(10-13)14-3-7-19(8-4-14)15(21)17-11-16(5-6-16)12-24(2,22)23/h9-10,14H,3-8,11-12H2,1-2H3,(H,17,21). The molecule has 0 unspecified atom stereocenters. The molecule has 134 valence electrons. The van der Waals surface area contributed by atoms with Crippen LogP contribution in [0.3, 0.4) is 0 Å². The Bertz CT molecular complexity index is 701. The molecule has 7 nitrogen and oxygen atoms in total. The number of hydrogen-bond donors (Lipinski definition) is 1. The van der Waals surface area contributed by atoms with E-state index in [2.05, 4.69) is 10.4 Å². The van der Waals surface area contributed by atoms with Gasteiger partial charge in [0.05, 0.1) is 18.0 Å². The van der Waals surface area contributed by atoms with Gasteiger partial charge in [0.2, 0.25) is 0 Å². The zero-order chi connectivity index (χ0) is 17.4. The Labute approximate surface area is 143 Å². The lowest BCUT2D eigenvalue weighted by Crippen LogP contribution is -2.46. The summed E-state index contributed by atoms with van der Waals surface area (Å²) in [6, 6.07) is 0.271. The van der Waals surface area contributed by atoms with Crippen molar-refractivity contribution in [2.45, 2.75) is 38.6 Å². The second kappa shape index (κ2) is 6.38. The average Bonchev–Trinajstić information content (AvgIpc) is 3.12. The maximum Gasteiger partial charge on any atom is 0.317 e. The summed E-state index contributed by atoms with van der Waals surface area (Å²) >= 11 is 0. The molecule has 24 heavy (non-hydrogen) atoms. The van der Waals surface area contributed by atoms with Crippen molar-refractivity contribution in [2.24, 2.45) is 5.41 Å². The number of sulfone groups is 1. The molecule has 2 fully saturated rings. The van der Waals surface area contributed by atoms with Crippen LogP contribution in [0.4, 0.5) is 4.79 Å². The number of urea groups is 1. The van der Waals surface area contributed by atoms with E-state index in [-0.39, 0.29) is 17.2 Å². The Morgan fingerprint density at radius 1 is 1.38 bits per heavy atom. The minimum atomic E-state index is -3.00. The van der Waals surface area contributed by atoms with E-state index >= 15 is 0 Å². The number of amides is 2. The number of aryl methyl sites for hydroxylation is 1. The first-order chi connectivity index (χ1) is 11.3. The lowest BCUT2D eigenvalue weighted by Gasteiger charge is -2.32. The van der Waals surface area contributed by atoms with Gasteiger partial charge in [0.1, 0.15) is 9.84 Å². The van der Waals surface area contributed by atoms with Gasteiger partial charge in [-0.2, -0.15) is 5.10 Å². The number of aromatic nitrogens is 2. The Morgan fingerprint density at radius 3 is 2.54 bits per heavy atom. The maximum absolute atomic E-state index is 12.3. The van der Waals surface area contributed by atoms with Crippen molar-refractivity contribution >= 4 is 15.9 Å². The Hall–Kier alpha value is -1.57. The predicted molar refractivity (Wildman–Crippen MR) is 91.6 cm³/mol. The molecule has 0 spiro atoms. The monoisotopic (exact) mass is 354 g/mol. The number of nitrogens with zero attached hydrogens (tertiary/aromatic N) is 3. The minimum Gasteiger partial charge on any atom is -0.337 e. The van der Waals surface area contributed by atoms with Gasteiger partial charge in [-0.25, -0.2) is 13.2 Å². The SMILES string of the molecule is Cc1cnn(C2CCN(C(=O)NCC3(CS(C)(=O)=O)CC3)CC2)c1. The normalized spacial score (nSPS) is 20.8. The van der Waals surface area contributed by atoms with Crippen LogP contribution in [0.1, 0.15) is 37.3 Å². The van der Waals surface area contributed by atoms with Gasteiger partial charge in [0.25, 0.3) is 0 Å². The molecule has 0 atom stereocenters. The van der Waals surface area contributed by atoms with Crippen molar-refractivity contribution < 1.29 is 13.2 Å². The molecular weight excluding hydrogens is 328 g/mol. The fourth-order valence-corrected chi connectivity index (χ4v) is 4.95. The second-order valence-corrected chi connectivity index (χ2v) is 9.58. The number of rotatable bonds is 5. The summed E-state index contributed by atoms with van der Waals surface area (Å²) < 4.78 is 24.9. The van der Waals surface area contributed by atoms with Crippen LogP contribution in [0.15, 0.2) is 12.4 Å². The van der Waals surface area contributed by atoms with Gasteiger partial charge in [-0.1, -0.05) is 0 Å². The highest BCUT2D eigenvalue weighted by atomic mass is 32.2. The van der Waals surface area contributed by atoms with Crippen molar-refractivity contribution in [1.29, 1.82) is 0 Å². The fourth-order valence-electron chi connectivity index (χ4n) is 3.45. The smallest absolute Gasteiger partial charge is 0.317 e. The molecule has 1 saturated heterocycles. The maximum atomic E-state index is 12.3. The lowest BCUT2D eigenvalue weighted by atomic mass is 10.1. The van der Waals surface area contributed by atoms with E-state index in [4.69, 9.17) is 0 Å². The molecule has 1 aliphatic carbocycles. The van der Waals surface area contributed by atoms with Crippen LogP contribution in [-0.4, -0.2) is 60.8 Å². The lowest BCUT2D eigenvalue weighted by molar-refractivity contribution is 0.167. The number of likely N-dealkylation sites (tertiary alicyclic amines) is 1. The third-order valence-corrected chi connectivity index (χ3v) is 6.13. The largest absolute Gasteiger partial charge is 0.337 e. The summed E-state index contributed by atoms with van der Waals surface area (Å²) in [6.45, 7) is 3.89. The summed E-state index contributed by atoms with van der Waals surface area (Å²) in [4.78, 5) is 14.2. The Balaban J connectivity index is 1.46. The van der Waals surface area contributed by atoms with Crippen LogP contribution < -0.4 is 5.32 Å². The van der Waals surface area contributed by atoms with Gasteiger partial charge in [-0.3, -0.25) is 4.68 Å². The molecule has 1 aromatic heterocycles. The number of carbonyl (C=O) groups is 1. The summed E-state index contributed by atoms with van der Waals surface area (Å²) in [5.41, 5.74) is 0.921. The number of carbonyl (C=O) groups excluding carboxylic acids is 1. The fraction of sp³-hybridized carbons (Fsp3) is 0.750. The van der Waals surface area contributed by atoms with Crippen molar-refractivity contribution in [3.63, 3.8) is 0 Å². The molecule has 0 radical (unpaired) electrons. The highest BCUT2D eigenvalue weighted by Gasteiger charge is 2.45. The van der Waals surface area contributed by atoms with E-state index < -0.39 is 9.84 Å². The second-order valence-electron chi connectivity index (χ2n) is 7.44. The molecule has 2 amide bonds. The Morgan fingerprint density at radius 2 is 2.04 bits per heavy atom. The van der Waals surface area contributed by atoms with Gasteiger partial charge in [0.15, 0.2) is 0 Å². The zero-order valence-electron chi connectivity index (χ0n) is 14.4. The topological polar surface area (TPSA) is 84.3 Å². The van der Waals surface area contributed by atoms with E-state index in [1.807, 2.05) is 28.9 Å². The Kier molecular flexibility index (Phi) is 4.59. The third kappa shape index (κ3) is 4.28. The molecule has 0 aromatic carbocycles. The molecule has 8 heteroatoms. The highest BCUT2D eigenvalue weighted by Crippen LogP contribution is 2.46. The molecule has 2 heterocycles. The van der Waals surface area contributed by atoms with Gasteiger partial charge >= 0.3 is 6.03 Å². The minimum absolute atomic E-state index is 0.0788. The van der Waals surface area contributed by atoms with E-state index in [0.717, 1.165) is 31.2 Å². The molecule has 1 aliphatic heterocycles. The molecule has 1 saturated carbocycles. The van der Waals surface area contributed by atoms with Gasteiger partial charge < -0.3 is 10.2 Å². The van der Waals surface area contributed by atoms with Crippen molar-refractivity contribution in [3.05, 3.63) is 18.0 Å². The summed E-state index contributed by atoms with van der Waals surface area (Å²) in [6.07, 6.45) is 8.70. The number of piperidine rings is 1. The number of nitrogens with one attached hydrogen (secondary N) is 1. The van der Waals surface area contributed by atoms with E-state index in [0.29, 0.717) is 25.7 Å². The van der Waals surface area contributed by atoms with Gasteiger partial charge in [-0.15, -0.1) is 0 Å². The highest BCUT2D eigenvalue weighted by molar-refractivity contribution is 7.90. The third-order valence-electron chi connectivity index (χ3n) is 5.00. The first-order valence-corrected chi connectivity index (χ1v) is 10.5. The summed E-state index contributed by atoms with van der Waals surface area (Å²) in [7, 11) is -3.00. The molecule has 1 N–H and O–H groups in total. The van der Waals surface area contributed by atoms with E-state index in [9.17, 15) is 13.2 Å². The van der Waals surface area contributed by atoms with Gasteiger partial charge in [-0.05, 0) is 38.2 Å². The molecule has 0 bridgehead atoms. The molecular formula is C16H26N4O3S. The first kappa shape index (κ1) is 17.3. The van der Waals surface area contributed by atoms with Crippen LogP contribution in [0.5, 0.6) is 0 Å². The van der Waals surface area contributed by atoms with Crippen molar-refractivity contribution in [3.8, 4) is 0 Å². The van der Waals surface area contributed by atoms with Crippen molar-refractivity contribution in [2.75, 3.05) is 31.6 Å². The van der Waals surface area contributed by atoms with Crippen LogP contribution in [0.2, 0.25) is 0 Å². The van der Waals surface area contributed by atoms with E-state index in [1.54, 1.807) is 0 Å². The first-order valence-electron chi connectivity index (χ1n) is 8.48. The van der Waals surface area contributed by atoms with Crippen LogP contribution >= 0.6 is 0 Å². The average molecular weight is 354 g/mol. The van der Waals surface area contributed by atoms with Crippen LogP contribution in [-0.2, 0) is 9.84 Å². The molecule has 1 aromatic rings. The quantitative estimate of drug-likeness (QED) is 0.865. The van der Waals surface area contributed by atoms with Crippen LogP contribution in [0, 0.1) is 12.3 Å². The number of hydrogen-bond acceptors (Lipinski definition) is 4. The van der Waals surface area contributed by atoms with Crippen LogP contribution in [0.25, 0.3) is 0 Å². The predicted octanol–water partition coefficient (Wildman–Crippen LogP) is 1.36. The molecule has 2 aliphatic rings. The van der Waals surface area contributed by atoms with E-state index in [1.165, 1.54) is 6.26 Å².